The highest BCUT2D eigenvalue weighted by atomic mass is 32.2. The lowest BCUT2D eigenvalue weighted by molar-refractivity contribution is -0.147. The van der Waals surface area contributed by atoms with Crippen LogP contribution in [0.1, 0.15) is 30.0 Å². The third kappa shape index (κ3) is 4.13. The maximum atomic E-state index is 12.8. The quantitative estimate of drug-likeness (QED) is 0.545. The summed E-state index contributed by atoms with van der Waals surface area (Å²) in [6.07, 6.45) is -4.68. The fourth-order valence-electron chi connectivity index (χ4n) is 2.48. The van der Waals surface area contributed by atoms with E-state index in [2.05, 4.69) is 10.2 Å². The maximum absolute atomic E-state index is 12.8. The van der Waals surface area contributed by atoms with Crippen LogP contribution < -0.4 is 17.0 Å². The highest BCUT2D eigenvalue weighted by Gasteiger charge is 2.37. The van der Waals surface area contributed by atoms with Gasteiger partial charge in [0.2, 0.25) is 5.82 Å². The van der Waals surface area contributed by atoms with Crippen LogP contribution in [-0.2, 0) is 26.8 Å². The van der Waals surface area contributed by atoms with Crippen LogP contribution in [0.4, 0.5) is 19.0 Å². The normalized spacial score (nSPS) is 12.0. The number of nitrogen functional groups attached to an aromatic ring is 1. The lowest BCUT2D eigenvalue weighted by atomic mass is 10.2. The number of Topliss-reactive ketones (excluding diaryl/α,β-unsaturated/α-hetero) is 1. The number of rotatable bonds is 6. The Morgan fingerprint density at radius 2 is 1.79 bits per heavy atom. The number of ketones is 1. The van der Waals surface area contributed by atoms with E-state index in [1.54, 1.807) is 0 Å². The van der Waals surface area contributed by atoms with Crippen LogP contribution in [0.5, 0.6) is 0 Å². The van der Waals surface area contributed by atoms with Crippen molar-refractivity contribution in [2.24, 2.45) is 20.0 Å². The van der Waals surface area contributed by atoms with Crippen molar-refractivity contribution in [2.45, 2.75) is 31.7 Å². The number of aromatic nitrogens is 5. The molecule has 0 aliphatic carbocycles. The molecule has 0 aliphatic heterocycles. The average Bonchev–Trinajstić information content (AvgIpc) is 2.96. The van der Waals surface area contributed by atoms with E-state index in [0.717, 1.165) is 16.2 Å². The molecule has 2 aromatic rings. The van der Waals surface area contributed by atoms with E-state index < -0.39 is 34.8 Å². The first-order valence-corrected chi connectivity index (χ1v) is 9.06. The number of hydrogen-bond donors (Lipinski definition) is 1. The van der Waals surface area contributed by atoms with Crippen molar-refractivity contribution in [3.8, 4) is 0 Å². The first kappa shape index (κ1) is 21.7. The van der Waals surface area contributed by atoms with Gasteiger partial charge in [0.15, 0.2) is 10.9 Å². The summed E-state index contributed by atoms with van der Waals surface area (Å²) in [6, 6.07) is 0. The molecule has 0 fully saturated rings. The van der Waals surface area contributed by atoms with Gasteiger partial charge in [-0.25, -0.2) is 4.79 Å². The van der Waals surface area contributed by atoms with Gasteiger partial charge in [-0.1, -0.05) is 25.6 Å². The van der Waals surface area contributed by atoms with Crippen molar-refractivity contribution < 1.29 is 18.0 Å². The van der Waals surface area contributed by atoms with E-state index in [-0.39, 0.29) is 29.0 Å². The Balaban J connectivity index is 2.36. The average molecular weight is 420 g/mol. The SMILES string of the molecule is CC(C)Cn1c(N)c(C(=O)CSc2nnc(C(F)(F)F)n2C)c(=O)n(C)c1=O. The Morgan fingerprint density at radius 1 is 1.18 bits per heavy atom. The van der Waals surface area contributed by atoms with Crippen LogP contribution in [0.2, 0.25) is 0 Å². The molecule has 0 unspecified atom stereocenters. The van der Waals surface area contributed by atoms with Crippen LogP contribution in [0.25, 0.3) is 0 Å². The molecule has 0 radical (unpaired) electrons. The van der Waals surface area contributed by atoms with Crippen LogP contribution in [0, 0.1) is 5.92 Å². The third-order valence-electron chi connectivity index (χ3n) is 3.83. The number of alkyl halides is 3. The molecular formula is C15H19F3N6O3S. The molecule has 2 N–H and O–H groups in total. The first-order valence-electron chi connectivity index (χ1n) is 8.08. The third-order valence-corrected chi connectivity index (χ3v) is 4.85. The van der Waals surface area contributed by atoms with Gasteiger partial charge in [-0.15, -0.1) is 10.2 Å². The van der Waals surface area contributed by atoms with E-state index in [1.165, 1.54) is 7.05 Å². The van der Waals surface area contributed by atoms with Gasteiger partial charge < -0.3 is 10.3 Å². The second-order valence-corrected chi connectivity index (χ2v) is 7.43. The van der Waals surface area contributed by atoms with Crippen molar-refractivity contribution in [1.29, 1.82) is 0 Å². The molecule has 28 heavy (non-hydrogen) atoms. The summed E-state index contributed by atoms with van der Waals surface area (Å²) < 4.78 is 40.9. The largest absolute Gasteiger partial charge is 0.451 e. The zero-order valence-corrected chi connectivity index (χ0v) is 16.4. The first-order chi connectivity index (χ1) is 12.9. The lowest BCUT2D eigenvalue weighted by Crippen LogP contribution is -2.43. The molecule has 0 aromatic carbocycles. The number of halogens is 3. The van der Waals surface area contributed by atoms with E-state index >= 15 is 0 Å². The monoisotopic (exact) mass is 420 g/mol. The molecule has 0 atom stereocenters. The lowest BCUT2D eigenvalue weighted by Gasteiger charge is -2.16. The molecule has 0 saturated carbocycles. The van der Waals surface area contributed by atoms with Gasteiger partial charge in [-0.3, -0.25) is 18.7 Å². The summed E-state index contributed by atoms with van der Waals surface area (Å²) in [6.45, 7) is 3.87. The van der Waals surface area contributed by atoms with Crippen molar-refractivity contribution in [2.75, 3.05) is 11.5 Å². The van der Waals surface area contributed by atoms with Crippen molar-refractivity contribution in [3.63, 3.8) is 0 Å². The molecule has 2 heterocycles. The molecule has 2 aromatic heterocycles. The second kappa shape index (κ2) is 7.81. The highest BCUT2D eigenvalue weighted by molar-refractivity contribution is 7.99. The summed E-state index contributed by atoms with van der Waals surface area (Å²) in [7, 11) is 2.34. The zero-order valence-electron chi connectivity index (χ0n) is 15.6. The van der Waals surface area contributed by atoms with Gasteiger partial charge >= 0.3 is 11.9 Å². The molecule has 0 aliphatic rings. The van der Waals surface area contributed by atoms with Crippen LogP contribution in [-0.4, -0.2) is 35.4 Å². The predicted octanol–water partition coefficient (Wildman–Crippen LogP) is 0.907. The Bertz CT molecular complexity index is 1020. The molecular weight excluding hydrogens is 401 g/mol. The molecule has 154 valence electrons. The molecule has 0 bridgehead atoms. The number of thioether (sulfide) groups is 1. The maximum Gasteiger partial charge on any atom is 0.451 e. The van der Waals surface area contributed by atoms with Crippen molar-refractivity contribution in [3.05, 3.63) is 32.2 Å². The standard InChI is InChI=1S/C15H19F3N6O3S/c1-7(2)5-24-10(19)9(11(26)22(3)14(24)27)8(25)6-28-13-21-20-12(23(13)4)15(16,17)18/h7H,5-6,19H2,1-4H3. The smallest absolute Gasteiger partial charge is 0.384 e. The summed E-state index contributed by atoms with van der Waals surface area (Å²) in [5, 5.41) is 6.33. The molecule has 0 spiro atoms. The summed E-state index contributed by atoms with van der Waals surface area (Å²) >= 11 is 0.683. The van der Waals surface area contributed by atoms with Gasteiger partial charge in [0.25, 0.3) is 5.56 Å². The van der Waals surface area contributed by atoms with E-state index in [1.807, 2.05) is 13.8 Å². The molecule has 0 amide bonds. The highest BCUT2D eigenvalue weighted by Crippen LogP contribution is 2.29. The van der Waals surface area contributed by atoms with Crippen molar-refractivity contribution in [1.82, 2.24) is 23.9 Å². The zero-order chi connectivity index (χ0) is 21.4. The number of anilines is 1. The number of carbonyl (C=O) groups excluding carboxylic acids is 1. The Labute approximate surface area is 161 Å². The number of hydrogen-bond acceptors (Lipinski definition) is 7. The van der Waals surface area contributed by atoms with Crippen molar-refractivity contribution >= 4 is 23.4 Å². The number of carbonyl (C=O) groups is 1. The number of nitrogens with zero attached hydrogens (tertiary/aromatic N) is 5. The van der Waals surface area contributed by atoms with Gasteiger partial charge in [0.05, 0.1) is 5.75 Å². The summed E-state index contributed by atoms with van der Waals surface area (Å²) in [5.41, 5.74) is 4.01. The topological polar surface area (TPSA) is 118 Å². The molecule has 9 nitrogen and oxygen atoms in total. The van der Waals surface area contributed by atoms with E-state index in [4.69, 9.17) is 5.73 Å². The molecule has 13 heteroatoms. The van der Waals surface area contributed by atoms with Gasteiger partial charge in [0, 0.05) is 20.6 Å². The minimum Gasteiger partial charge on any atom is -0.384 e. The van der Waals surface area contributed by atoms with Gasteiger partial charge in [0.1, 0.15) is 11.4 Å². The molecule has 0 saturated heterocycles. The Morgan fingerprint density at radius 3 is 2.29 bits per heavy atom. The Hall–Kier alpha value is -2.57. The fraction of sp³-hybridized carbons (Fsp3) is 0.533. The summed E-state index contributed by atoms with van der Waals surface area (Å²) in [4.78, 5) is 37.2. The minimum absolute atomic E-state index is 0.0225. The van der Waals surface area contributed by atoms with E-state index in [0.29, 0.717) is 16.3 Å². The minimum atomic E-state index is -4.68. The van der Waals surface area contributed by atoms with Gasteiger partial charge in [-0.2, -0.15) is 13.2 Å². The van der Waals surface area contributed by atoms with Crippen LogP contribution in [0.3, 0.4) is 0 Å². The summed E-state index contributed by atoms with van der Waals surface area (Å²) in [5.74, 6) is -2.57. The van der Waals surface area contributed by atoms with Gasteiger partial charge in [-0.05, 0) is 5.92 Å². The van der Waals surface area contributed by atoms with Crippen LogP contribution >= 0.6 is 11.8 Å². The van der Waals surface area contributed by atoms with Crippen LogP contribution in [0.15, 0.2) is 14.7 Å². The Kier molecular flexibility index (Phi) is 6.06. The second-order valence-electron chi connectivity index (χ2n) is 6.49. The number of nitrogens with two attached hydrogens (primary N) is 1. The predicted molar refractivity (Wildman–Crippen MR) is 96.3 cm³/mol. The fourth-order valence-corrected chi connectivity index (χ4v) is 3.26. The molecule has 2 rings (SSSR count). The van der Waals surface area contributed by atoms with E-state index in [9.17, 15) is 27.6 Å².